The molecule has 2 aromatic rings. The van der Waals surface area contributed by atoms with E-state index in [0.717, 1.165) is 36.5 Å². The zero-order valence-corrected chi connectivity index (χ0v) is 12.5. The van der Waals surface area contributed by atoms with Crippen molar-refractivity contribution >= 4 is 0 Å². The van der Waals surface area contributed by atoms with Gasteiger partial charge >= 0.3 is 0 Å². The molecule has 1 atom stereocenters. The van der Waals surface area contributed by atoms with Crippen LogP contribution in [0.5, 0.6) is 5.75 Å². The first kappa shape index (κ1) is 14.1. The van der Waals surface area contributed by atoms with E-state index in [4.69, 9.17) is 4.52 Å². The highest BCUT2D eigenvalue weighted by atomic mass is 16.5. The molecule has 1 aromatic heterocycles. The van der Waals surface area contributed by atoms with E-state index in [2.05, 4.69) is 16.1 Å². The Balaban J connectivity index is 1.81. The van der Waals surface area contributed by atoms with Crippen molar-refractivity contribution in [2.45, 2.75) is 45.2 Å². The van der Waals surface area contributed by atoms with Gasteiger partial charge in [-0.15, -0.1) is 0 Å². The minimum atomic E-state index is 0.288. The van der Waals surface area contributed by atoms with Crippen LogP contribution in [0, 0.1) is 6.92 Å². The number of likely N-dealkylation sites (tertiary alicyclic amines) is 1. The van der Waals surface area contributed by atoms with E-state index >= 15 is 0 Å². The number of hydrogen-bond donors (Lipinski definition) is 1. The van der Waals surface area contributed by atoms with Crippen LogP contribution in [0.2, 0.25) is 0 Å². The third kappa shape index (κ3) is 3.45. The molecule has 4 heteroatoms. The van der Waals surface area contributed by atoms with Gasteiger partial charge in [0.05, 0.1) is 11.7 Å². The zero-order chi connectivity index (χ0) is 14.7. The molecule has 1 aliphatic rings. The molecule has 2 heterocycles. The van der Waals surface area contributed by atoms with E-state index in [9.17, 15) is 5.11 Å². The molecule has 0 aliphatic carbocycles. The molecule has 4 nitrogen and oxygen atoms in total. The highest BCUT2D eigenvalue weighted by molar-refractivity contribution is 5.27. The second kappa shape index (κ2) is 6.31. The molecule has 1 saturated heterocycles. The van der Waals surface area contributed by atoms with Crippen molar-refractivity contribution in [2.24, 2.45) is 0 Å². The smallest absolute Gasteiger partial charge is 0.154 e. The van der Waals surface area contributed by atoms with Crippen molar-refractivity contribution in [1.29, 1.82) is 0 Å². The highest BCUT2D eigenvalue weighted by Gasteiger charge is 2.25. The number of nitrogens with zero attached hydrogens (tertiary/aromatic N) is 2. The second-order valence-electron chi connectivity index (χ2n) is 5.88. The van der Waals surface area contributed by atoms with Crippen molar-refractivity contribution in [3.8, 4) is 5.75 Å². The number of aromatic nitrogens is 1. The van der Waals surface area contributed by atoms with Gasteiger partial charge in [-0.05, 0) is 44.0 Å². The fourth-order valence-electron chi connectivity index (χ4n) is 3.11. The molecule has 1 N–H and O–H groups in total. The predicted molar refractivity (Wildman–Crippen MR) is 81.0 cm³/mol. The first-order valence-corrected chi connectivity index (χ1v) is 7.67. The Morgan fingerprint density at radius 3 is 2.95 bits per heavy atom. The molecule has 0 amide bonds. The van der Waals surface area contributed by atoms with E-state index in [1.54, 1.807) is 6.07 Å². The Morgan fingerprint density at radius 2 is 2.19 bits per heavy atom. The van der Waals surface area contributed by atoms with Gasteiger partial charge < -0.3 is 9.63 Å². The topological polar surface area (TPSA) is 49.5 Å². The molecule has 1 aliphatic heterocycles. The van der Waals surface area contributed by atoms with Crippen molar-refractivity contribution in [1.82, 2.24) is 10.1 Å². The van der Waals surface area contributed by atoms with Crippen LogP contribution in [0.1, 0.15) is 48.7 Å². The predicted octanol–water partition coefficient (Wildman–Crippen LogP) is 3.81. The quantitative estimate of drug-likeness (QED) is 0.932. The summed E-state index contributed by atoms with van der Waals surface area (Å²) in [6.45, 7) is 3.85. The molecule has 1 unspecified atom stereocenters. The van der Waals surface area contributed by atoms with Gasteiger partial charge in [0.25, 0.3) is 0 Å². The van der Waals surface area contributed by atoms with E-state index in [0.29, 0.717) is 5.75 Å². The summed E-state index contributed by atoms with van der Waals surface area (Å²) in [5.41, 5.74) is 2.07. The molecule has 0 spiro atoms. The zero-order valence-electron chi connectivity index (χ0n) is 12.5. The lowest BCUT2D eigenvalue weighted by molar-refractivity contribution is 0.160. The Kier molecular flexibility index (Phi) is 4.25. The number of benzene rings is 1. The highest BCUT2D eigenvalue weighted by Crippen LogP contribution is 2.32. The average Bonchev–Trinajstić information content (AvgIpc) is 2.75. The fourth-order valence-corrected chi connectivity index (χ4v) is 3.11. The molecular weight excluding hydrogens is 264 g/mol. The summed E-state index contributed by atoms with van der Waals surface area (Å²) < 4.78 is 5.51. The first-order valence-electron chi connectivity index (χ1n) is 7.67. The summed E-state index contributed by atoms with van der Waals surface area (Å²) in [4.78, 5) is 2.45. The lowest BCUT2D eigenvalue weighted by Crippen LogP contribution is -2.27. The number of phenols is 1. The largest absolute Gasteiger partial charge is 0.508 e. The van der Waals surface area contributed by atoms with Gasteiger partial charge in [-0.1, -0.05) is 30.1 Å². The van der Waals surface area contributed by atoms with Gasteiger partial charge in [0.15, 0.2) is 5.76 Å². The maximum atomic E-state index is 9.64. The second-order valence-corrected chi connectivity index (χ2v) is 5.88. The molecule has 112 valence electrons. The minimum absolute atomic E-state index is 0.288. The summed E-state index contributed by atoms with van der Waals surface area (Å²) in [7, 11) is 0. The van der Waals surface area contributed by atoms with Gasteiger partial charge in [-0.25, -0.2) is 0 Å². The Morgan fingerprint density at radius 1 is 1.29 bits per heavy atom. The van der Waals surface area contributed by atoms with Gasteiger partial charge in [0.1, 0.15) is 5.75 Å². The van der Waals surface area contributed by atoms with Crippen LogP contribution < -0.4 is 0 Å². The molecule has 3 rings (SSSR count). The normalized spacial score (nSPS) is 20.3. The number of hydrogen-bond acceptors (Lipinski definition) is 4. The van der Waals surface area contributed by atoms with E-state index in [1.807, 2.05) is 25.1 Å². The van der Waals surface area contributed by atoms with Crippen LogP contribution >= 0.6 is 0 Å². The monoisotopic (exact) mass is 286 g/mol. The fraction of sp³-hybridized carbons (Fsp3) is 0.471. The third-order valence-electron chi connectivity index (χ3n) is 4.13. The lowest BCUT2D eigenvalue weighted by atomic mass is 10.1. The maximum absolute atomic E-state index is 9.64. The SMILES string of the molecule is Cc1cc(C2CCCCCN2Cc2cccc(O)c2)on1. The van der Waals surface area contributed by atoms with Crippen LogP contribution in [0.15, 0.2) is 34.9 Å². The minimum Gasteiger partial charge on any atom is -0.508 e. The number of rotatable bonds is 3. The number of aromatic hydroxyl groups is 1. The van der Waals surface area contributed by atoms with Gasteiger partial charge in [0, 0.05) is 12.6 Å². The van der Waals surface area contributed by atoms with Crippen molar-refractivity contribution in [2.75, 3.05) is 6.54 Å². The Hall–Kier alpha value is -1.81. The molecule has 0 saturated carbocycles. The first-order chi connectivity index (χ1) is 10.2. The van der Waals surface area contributed by atoms with Crippen LogP contribution in [0.4, 0.5) is 0 Å². The average molecular weight is 286 g/mol. The molecule has 0 radical (unpaired) electrons. The van der Waals surface area contributed by atoms with E-state index in [1.165, 1.54) is 19.3 Å². The molecule has 0 bridgehead atoms. The number of phenolic OH excluding ortho intramolecular Hbond substituents is 1. The van der Waals surface area contributed by atoms with Crippen LogP contribution in [-0.4, -0.2) is 21.7 Å². The standard InChI is InChI=1S/C17H22N2O2/c1-13-10-17(21-18-13)16-8-3-2-4-9-19(16)12-14-6-5-7-15(20)11-14/h5-7,10-11,16,20H,2-4,8-9,12H2,1H3. The summed E-state index contributed by atoms with van der Waals surface area (Å²) in [5.74, 6) is 1.30. The van der Waals surface area contributed by atoms with Crippen molar-refractivity contribution in [3.05, 3.63) is 47.3 Å². The Bertz CT molecular complexity index is 594. The summed E-state index contributed by atoms with van der Waals surface area (Å²) in [6, 6.07) is 9.85. The molecule has 1 fully saturated rings. The summed E-state index contributed by atoms with van der Waals surface area (Å²) in [5, 5.41) is 13.7. The van der Waals surface area contributed by atoms with Crippen molar-refractivity contribution in [3.63, 3.8) is 0 Å². The maximum Gasteiger partial charge on any atom is 0.154 e. The number of aryl methyl sites for hydroxylation is 1. The molecule has 1 aromatic carbocycles. The third-order valence-corrected chi connectivity index (χ3v) is 4.13. The van der Waals surface area contributed by atoms with E-state index in [-0.39, 0.29) is 6.04 Å². The van der Waals surface area contributed by atoms with Gasteiger partial charge in [-0.2, -0.15) is 0 Å². The summed E-state index contributed by atoms with van der Waals surface area (Å²) >= 11 is 0. The van der Waals surface area contributed by atoms with Crippen molar-refractivity contribution < 1.29 is 9.63 Å². The van der Waals surface area contributed by atoms with Gasteiger partial charge in [0.2, 0.25) is 0 Å². The Labute approximate surface area is 125 Å². The van der Waals surface area contributed by atoms with Crippen LogP contribution in [0.25, 0.3) is 0 Å². The van der Waals surface area contributed by atoms with E-state index < -0.39 is 0 Å². The molecular formula is C17H22N2O2. The lowest BCUT2D eigenvalue weighted by Gasteiger charge is -2.28. The van der Waals surface area contributed by atoms with Crippen LogP contribution in [-0.2, 0) is 6.54 Å². The summed E-state index contributed by atoms with van der Waals surface area (Å²) in [6.07, 6.45) is 4.80. The molecule has 21 heavy (non-hydrogen) atoms. The van der Waals surface area contributed by atoms with Gasteiger partial charge in [-0.3, -0.25) is 4.90 Å². The van der Waals surface area contributed by atoms with Crippen LogP contribution in [0.3, 0.4) is 0 Å².